The minimum atomic E-state index is 0.229. The van der Waals surface area contributed by atoms with E-state index in [4.69, 9.17) is 4.74 Å². The van der Waals surface area contributed by atoms with Crippen LogP contribution in [0, 0.1) is 5.92 Å². The first-order valence-corrected chi connectivity index (χ1v) is 7.47. The molecule has 0 atom stereocenters. The Morgan fingerprint density at radius 1 is 1.35 bits per heavy atom. The molecule has 0 saturated heterocycles. The third-order valence-corrected chi connectivity index (χ3v) is 4.44. The molecule has 0 bridgehead atoms. The van der Waals surface area contributed by atoms with Crippen molar-refractivity contribution in [1.82, 2.24) is 4.98 Å². The van der Waals surface area contributed by atoms with Crippen LogP contribution in [0.25, 0.3) is 10.9 Å². The summed E-state index contributed by atoms with van der Waals surface area (Å²) < 4.78 is 5.38. The number of benzene rings is 1. The molecule has 3 heteroatoms. The van der Waals surface area contributed by atoms with Crippen molar-refractivity contribution in [2.24, 2.45) is 5.92 Å². The number of carbonyl (C=O) groups is 1. The van der Waals surface area contributed by atoms with Crippen LogP contribution in [0.3, 0.4) is 0 Å². The zero-order valence-electron chi connectivity index (χ0n) is 11.9. The van der Waals surface area contributed by atoms with E-state index >= 15 is 0 Å². The topological polar surface area (TPSA) is 42.1 Å². The van der Waals surface area contributed by atoms with Crippen LogP contribution < -0.4 is 4.74 Å². The molecule has 1 saturated carbocycles. The van der Waals surface area contributed by atoms with Crippen molar-refractivity contribution < 1.29 is 9.53 Å². The molecule has 0 aliphatic heterocycles. The molecule has 3 rings (SSSR count). The first-order chi connectivity index (χ1) is 9.79. The lowest BCUT2D eigenvalue weighted by Crippen LogP contribution is -2.02. The number of ether oxygens (including phenoxy) is 1. The average Bonchev–Trinajstić information content (AvgIpc) is 3.13. The number of aromatic amines is 1. The molecule has 106 valence electrons. The Morgan fingerprint density at radius 3 is 2.90 bits per heavy atom. The van der Waals surface area contributed by atoms with E-state index in [1.54, 1.807) is 7.11 Å². The zero-order chi connectivity index (χ0) is 13.9. The number of hydrogen-bond donors (Lipinski definition) is 1. The predicted octanol–water partition coefficient (Wildman–Crippen LogP) is 4.33. The van der Waals surface area contributed by atoms with Crippen LogP contribution in [-0.4, -0.2) is 17.9 Å². The van der Waals surface area contributed by atoms with Gasteiger partial charge in [0.1, 0.15) is 5.75 Å². The lowest BCUT2D eigenvalue weighted by atomic mass is 9.97. The highest BCUT2D eigenvalue weighted by Crippen LogP contribution is 2.32. The van der Waals surface area contributed by atoms with E-state index in [2.05, 4.69) is 4.98 Å². The molecule has 1 aliphatic carbocycles. The summed E-state index contributed by atoms with van der Waals surface area (Å²) in [6, 6.07) is 5.82. The summed E-state index contributed by atoms with van der Waals surface area (Å²) in [5.41, 5.74) is 1.74. The maximum absolute atomic E-state index is 12.5. The number of fused-ring (bicyclic) bond motifs is 1. The fourth-order valence-electron chi connectivity index (χ4n) is 3.31. The quantitative estimate of drug-likeness (QED) is 0.822. The van der Waals surface area contributed by atoms with E-state index in [9.17, 15) is 4.79 Å². The van der Waals surface area contributed by atoms with E-state index in [0.717, 1.165) is 34.6 Å². The first-order valence-electron chi connectivity index (χ1n) is 7.47. The van der Waals surface area contributed by atoms with Crippen molar-refractivity contribution in [1.29, 1.82) is 0 Å². The number of rotatable bonds is 5. The summed E-state index contributed by atoms with van der Waals surface area (Å²) in [5, 5.41) is 0.923. The van der Waals surface area contributed by atoms with Gasteiger partial charge in [-0.25, -0.2) is 0 Å². The Kier molecular flexibility index (Phi) is 3.77. The Hall–Kier alpha value is -1.77. The van der Waals surface area contributed by atoms with Crippen molar-refractivity contribution in [3.63, 3.8) is 0 Å². The Balaban J connectivity index is 1.80. The van der Waals surface area contributed by atoms with Crippen LogP contribution in [0.5, 0.6) is 5.75 Å². The van der Waals surface area contributed by atoms with Crippen molar-refractivity contribution in [2.45, 2.75) is 38.5 Å². The molecule has 3 nitrogen and oxygen atoms in total. The van der Waals surface area contributed by atoms with Crippen LogP contribution >= 0.6 is 0 Å². The number of aromatic nitrogens is 1. The third-order valence-electron chi connectivity index (χ3n) is 4.44. The summed E-state index contributed by atoms with van der Waals surface area (Å²) in [5.74, 6) is 1.76. The summed E-state index contributed by atoms with van der Waals surface area (Å²) in [6.07, 6.45) is 8.76. The zero-order valence-corrected chi connectivity index (χ0v) is 11.9. The van der Waals surface area contributed by atoms with Crippen LogP contribution in [0.15, 0.2) is 24.4 Å². The van der Waals surface area contributed by atoms with Gasteiger partial charge in [0.15, 0.2) is 5.78 Å². The number of carbonyl (C=O) groups excluding carboxylic acids is 1. The summed E-state index contributed by atoms with van der Waals surface area (Å²) in [6.45, 7) is 0. The molecule has 1 aliphatic rings. The Labute approximate surface area is 119 Å². The molecule has 0 radical (unpaired) electrons. The SMILES string of the molecule is COc1cccc2[nH]cc(C(=O)CCC3CCCC3)c12. The van der Waals surface area contributed by atoms with E-state index in [0.29, 0.717) is 6.42 Å². The third kappa shape index (κ3) is 2.45. The van der Waals surface area contributed by atoms with Crippen LogP contribution in [0.4, 0.5) is 0 Å². The van der Waals surface area contributed by atoms with E-state index < -0.39 is 0 Å². The van der Waals surface area contributed by atoms with Gasteiger partial charge in [-0.2, -0.15) is 0 Å². The van der Waals surface area contributed by atoms with Crippen LogP contribution in [0.2, 0.25) is 0 Å². The predicted molar refractivity (Wildman–Crippen MR) is 80.4 cm³/mol. The second-order valence-corrected chi connectivity index (χ2v) is 5.70. The van der Waals surface area contributed by atoms with Gasteiger partial charge in [0.25, 0.3) is 0 Å². The van der Waals surface area contributed by atoms with Gasteiger partial charge in [0, 0.05) is 23.7 Å². The van der Waals surface area contributed by atoms with Crippen molar-refractivity contribution in [2.75, 3.05) is 7.11 Å². The van der Waals surface area contributed by atoms with Gasteiger partial charge in [-0.05, 0) is 24.5 Å². The number of nitrogens with one attached hydrogen (secondary N) is 1. The molecule has 0 unspecified atom stereocenters. The Morgan fingerprint density at radius 2 is 2.15 bits per heavy atom. The highest BCUT2D eigenvalue weighted by Gasteiger charge is 2.19. The number of ketones is 1. The minimum Gasteiger partial charge on any atom is -0.496 e. The van der Waals surface area contributed by atoms with Gasteiger partial charge in [0.05, 0.1) is 12.5 Å². The minimum absolute atomic E-state index is 0.229. The number of Topliss-reactive ketones (excluding diaryl/α,β-unsaturated/α-hetero) is 1. The number of hydrogen-bond acceptors (Lipinski definition) is 2. The molecule has 0 amide bonds. The van der Waals surface area contributed by atoms with E-state index in [-0.39, 0.29) is 5.78 Å². The molecule has 2 aromatic rings. The summed E-state index contributed by atoms with van der Waals surface area (Å²) in [7, 11) is 1.65. The molecule has 1 fully saturated rings. The molecule has 1 N–H and O–H groups in total. The largest absolute Gasteiger partial charge is 0.496 e. The maximum Gasteiger partial charge on any atom is 0.165 e. The molecule has 1 aromatic heterocycles. The van der Waals surface area contributed by atoms with Crippen LogP contribution in [0.1, 0.15) is 48.9 Å². The normalized spacial score (nSPS) is 15.8. The van der Waals surface area contributed by atoms with E-state index in [1.807, 2.05) is 24.4 Å². The highest BCUT2D eigenvalue weighted by molar-refractivity contribution is 6.09. The molecule has 1 heterocycles. The molecule has 1 aromatic carbocycles. The van der Waals surface area contributed by atoms with Crippen molar-refractivity contribution in [3.05, 3.63) is 30.0 Å². The Bertz CT molecular complexity index is 608. The van der Waals surface area contributed by atoms with E-state index in [1.165, 1.54) is 25.7 Å². The molecular formula is C17H21NO2. The second kappa shape index (κ2) is 5.70. The fourth-order valence-corrected chi connectivity index (χ4v) is 3.31. The van der Waals surface area contributed by atoms with Gasteiger partial charge in [-0.1, -0.05) is 31.7 Å². The van der Waals surface area contributed by atoms with Crippen molar-refractivity contribution in [3.8, 4) is 5.75 Å². The van der Waals surface area contributed by atoms with Gasteiger partial charge in [0.2, 0.25) is 0 Å². The van der Waals surface area contributed by atoms with Crippen LogP contribution in [-0.2, 0) is 0 Å². The standard InChI is InChI=1S/C17H21NO2/c1-20-16-8-4-7-14-17(16)13(11-18-14)15(19)10-9-12-5-2-3-6-12/h4,7-8,11-12,18H,2-3,5-6,9-10H2,1H3. The average molecular weight is 271 g/mol. The van der Waals surface area contributed by atoms with Gasteiger partial charge < -0.3 is 9.72 Å². The maximum atomic E-state index is 12.5. The highest BCUT2D eigenvalue weighted by atomic mass is 16.5. The molecule has 20 heavy (non-hydrogen) atoms. The lowest BCUT2D eigenvalue weighted by Gasteiger charge is -2.08. The second-order valence-electron chi connectivity index (χ2n) is 5.70. The first kappa shape index (κ1) is 13.2. The summed E-state index contributed by atoms with van der Waals surface area (Å²) in [4.78, 5) is 15.6. The monoisotopic (exact) mass is 271 g/mol. The molecule has 0 spiro atoms. The summed E-state index contributed by atoms with van der Waals surface area (Å²) >= 11 is 0. The smallest absolute Gasteiger partial charge is 0.165 e. The van der Waals surface area contributed by atoms with Gasteiger partial charge in [-0.3, -0.25) is 4.79 Å². The lowest BCUT2D eigenvalue weighted by molar-refractivity contribution is 0.0975. The molecular weight excluding hydrogens is 250 g/mol. The number of methoxy groups -OCH3 is 1. The van der Waals surface area contributed by atoms with Gasteiger partial charge >= 0.3 is 0 Å². The van der Waals surface area contributed by atoms with Gasteiger partial charge in [-0.15, -0.1) is 0 Å². The van der Waals surface area contributed by atoms with Crippen molar-refractivity contribution >= 4 is 16.7 Å². The number of H-pyrrole nitrogens is 1. The fraction of sp³-hybridized carbons (Fsp3) is 0.471.